The quantitative estimate of drug-likeness (QED) is 0.658. The maximum atomic E-state index is 11.6. The Morgan fingerprint density at radius 2 is 1.75 bits per heavy atom. The minimum absolute atomic E-state index is 0.186. The zero-order chi connectivity index (χ0) is 11.6. The Kier molecular flexibility index (Phi) is 3.87. The van der Waals surface area contributed by atoms with Gasteiger partial charge >= 0.3 is 0 Å². The van der Waals surface area contributed by atoms with Crippen LogP contribution in [0.2, 0.25) is 0 Å². The normalized spacial score (nSPS) is 21.6. The molecule has 2 N–H and O–H groups in total. The third-order valence-corrected chi connectivity index (χ3v) is 4.96. The van der Waals surface area contributed by atoms with Crippen molar-refractivity contribution >= 4 is 10.0 Å². The lowest BCUT2D eigenvalue weighted by molar-refractivity contribution is 0.401. The molecule has 0 amide bonds. The first-order chi connectivity index (χ1) is 7.62. The monoisotopic (exact) mass is 246 g/mol. The second-order valence-corrected chi connectivity index (χ2v) is 7.04. The maximum absolute atomic E-state index is 11.6. The van der Waals surface area contributed by atoms with Crippen molar-refractivity contribution in [2.45, 2.75) is 25.7 Å². The van der Waals surface area contributed by atoms with Gasteiger partial charge in [0.05, 0.1) is 5.75 Å². The molecule has 0 bridgehead atoms. The van der Waals surface area contributed by atoms with Crippen molar-refractivity contribution in [2.24, 2.45) is 17.8 Å². The van der Waals surface area contributed by atoms with Crippen molar-refractivity contribution in [1.29, 1.82) is 0 Å². The molecule has 2 saturated carbocycles. The average Bonchev–Trinajstić information content (AvgIpc) is 3.06. The van der Waals surface area contributed by atoms with Crippen molar-refractivity contribution in [3.8, 4) is 0 Å². The van der Waals surface area contributed by atoms with Crippen LogP contribution in [0.25, 0.3) is 0 Å². The van der Waals surface area contributed by atoms with Crippen LogP contribution in [0.5, 0.6) is 0 Å². The molecule has 0 radical (unpaired) electrons. The van der Waals surface area contributed by atoms with E-state index in [0.717, 1.165) is 11.8 Å². The molecule has 94 valence electrons. The molecule has 0 spiro atoms. The molecule has 2 rings (SSSR count). The highest BCUT2D eigenvalue weighted by Crippen LogP contribution is 2.48. The Morgan fingerprint density at radius 3 is 2.19 bits per heavy atom. The predicted octanol–water partition coefficient (Wildman–Crippen LogP) is 0.561. The molecule has 5 heteroatoms. The third kappa shape index (κ3) is 3.71. The molecule has 4 nitrogen and oxygen atoms in total. The van der Waals surface area contributed by atoms with Gasteiger partial charge < -0.3 is 5.32 Å². The van der Waals surface area contributed by atoms with E-state index in [0.29, 0.717) is 19.0 Å². The van der Waals surface area contributed by atoms with Gasteiger partial charge in [-0.2, -0.15) is 0 Å². The molecule has 0 atom stereocenters. The number of hydrogen-bond acceptors (Lipinski definition) is 3. The van der Waals surface area contributed by atoms with Crippen molar-refractivity contribution in [3.63, 3.8) is 0 Å². The van der Waals surface area contributed by atoms with Gasteiger partial charge in [0.2, 0.25) is 10.0 Å². The van der Waals surface area contributed by atoms with Gasteiger partial charge in [0.1, 0.15) is 0 Å². The molecular formula is C11H22N2O2S. The molecule has 0 saturated heterocycles. The molecule has 2 fully saturated rings. The van der Waals surface area contributed by atoms with E-state index in [1.165, 1.54) is 25.7 Å². The Bertz CT molecular complexity index is 309. The van der Waals surface area contributed by atoms with Crippen molar-refractivity contribution in [3.05, 3.63) is 0 Å². The molecule has 0 aromatic carbocycles. The van der Waals surface area contributed by atoms with Crippen LogP contribution in [0, 0.1) is 17.8 Å². The van der Waals surface area contributed by atoms with Crippen LogP contribution in [0.3, 0.4) is 0 Å². The topological polar surface area (TPSA) is 58.2 Å². The van der Waals surface area contributed by atoms with Crippen LogP contribution >= 0.6 is 0 Å². The van der Waals surface area contributed by atoms with E-state index in [1.807, 2.05) is 0 Å². The summed E-state index contributed by atoms with van der Waals surface area (Å²) in [4.78, 5) is 0. The van der Waals surface area contributed by atoms with Crippen LogP contribution in [-0.2, 0) is 10.0 Å². The zero-order valence-electron chi connectivity index (χ0n) is 9.91. The van der Waals surface area contributed by atoms with E-state index < -0.39 is 10.0 Å². The van der Waals surface area contributed by atoms with Gasteiger partial charge in [-0.3, -0.25) is 0 Å². The minimum atomic E-state index is -3.06. The third-order valence-electron chi connectivity index (χ3n) is 3.61. The van der Waals surface area contributed by atoms with Gasteiger partial charge in [0.25, 0.3) is 0 Å². The smallest absolute Gasteiger partial charge is 0.212 e. The lowest BCUT2D eigenvalue weighted by Crippen LogP contribution is -2.35. The molecule has 16 heavy (non-hydrogen) atoms. The highest BCUT2D eigenvalue weighted by Gasteiger charge is 2.41. The number of sulfonamides is 1. The Morgan fingerprint density at radius 1 is 1.19 bits per heavy atom. The van der Waals surface area contributed by atoms with E-state index in [4.69, 9.17) is 0 Å². The summed E-state index contributed by atoms with van der Waals surface area (Å²) in [5.41, 5.74) is 0. The van der Waals surface area contributed by atoms with Crippen LogP contribution < -0.4 is 10.0 Å². The van der Waals surface area contributed by atoms with E-state index in [-0.39, 0.29) is 5.75 Å². The molecular weight excluding hydrogens is 224 g/mol. The predicted molar refractivity (Wildman–Crippen MR) is 64.7 cm³/mol. The first-order valence-electron chi connectivity index (χ1n) is 6.24. The summed E-state index contributed by atoms with van der Waals surface area (Å²) in [6.45, 7) is 1.19. The fraction of sp³-hybridized carbons (Fsp3) is 1.00. The van der Waals surface area contributed by atoms with Gasteiger partial charge in [0.15, 0.2) is 0 Å². The van der Waals surface area contributed by atoms with E-state index in [2.05, 4.69) is 10.0 Å². The molecule has 0 unspecified atom stereocenters. The van der Waals surface area contributed by atoms with Gasteiger partial charge in [-0.25, -0.2) is 13.1 Å². The van der Waals surface area contributed by atoms with Gasteiger partial charge in [0, 0.05) is 13.1 Å². The molecule has 0 heterocycles. The van der Waals surface area contributed by atoms with Crippen LogP contribution in [0.1, 0.15) is 25.7 Å². The second-order valence-electron chi connectivity index (χ2n) is 5.11. The summed E-state index contributed by atoms with van der Waals surface area (Å²) in [5.74, 6) is 2.41. The lowest BCUT2D eigenvalue weighted by Gasteiger charge is -2.16. The first-order valence-corrected chi connectivity index (χ1v) is 7.89. The molecule has 0 aromatic heterocycles. The Balaban J connectivity index is 1.75. The summed E-state index contributed by atoms with van der Waals surface area (Å²) < 4.78 is 26.0. The van der Waals surface area contributed by atoms with E-state index in [9.17, 15) is 8.42 Å². The highest BCUT2D eigenvalue weighted by molar-refractivity contribution is 7.89. The number of nitrogens with one attached hydrogen (secondary N) is 2. The standard InChI is InChI=1S/C11H22N2O2S/c1-12-6-7-16(14,15)13-8-11(9-2-3-9)10-4-5-10/h9-13H,2-8H2,1H3. The average molecular weight is 246 g/mol. The zero-order valence-corrected chi connectivity index (χ0v) is 10.7. The fourth-order valence-corrected chi connectivity index (χ4v) is 3.36. The van der Waals surface area contributed by atoms with Gasteiger partial charge in [-0.05, 0) is 50.5 Å². The molecule has 0 aromatic rings. The number of hydrogen-bond donors (Lipinski definition) is 2. The highest BCUT2D eigenvalue weighted by atomic mass is 32.2. The first kappa shape index (κ1) is 12.3. The lowest BCUT2D eigenvalue weighted by atomic mass is 9.99. The van der Waals surface area contributed by atoms with Gasteiger partial charge in [-0.1, -0.05) is 0 Å². The molecule has 2 aliphatic rings. The second kappa shape index (κ2) is 5.02. The van der Waals surface area contributed by atoms with Crippen molar-refractivity contribution < 1.29 is 8.42 Å². The number of rotatable bonds is 8. The SMILES string of the molecule is CNCCS(=O)(=O)NCC(C1CC1)C1CC1. The van der Waals surface area contributed by atoms with Crippen LogP contribution in [0.4, 0.5) is 0 Å². The maximum Gasteiger partial charge on any atom is 0.212 e. The summed E-state index contributed by atoms with van der Waals surface area (Å²) >= 11 is 0. The summed E-state index contributed by atoms with van der Waals surface area (Å²) in [6, 6.07) is 0. The molecule has 2 aliphatic carbocycles. The fourth-order valence-electron chi connectivity index (χ4n) is 2.30. The van der Waals surface area contributed by atoms with E-state index >= 15 is 0 Å². The largest absolute Gasteiger partial charge is 0.319 e. The van der Waals surface area contributed by atoms with Gasteiger partial charge in [-0.15, -0.1) is 0 Å². The van der Waals surface area contributed by atoms with Crippen LogP contribution in [0.15, 0.2) is 0 Å². The molecule has 0 aliphatic heterocycles. The summed E-state index contributed by atoms with van der Waals surface area (Å²) in [7, 11) is -1.29. The minimum Gasteiger partial charge on any atom is -0.319 e. The Labute approximate surface area is 98.2 Å². The van der Waals surface area contributed by atoms with Crippen molar-refractivity contribution in [1.82, 2.24) is 10.0 Å². The Hall–Kier alpha value is -0.130. The van der Waals surface area contributed by atoms with Crippen LogP contribution in [-0.4, -0.2) is 34.3 Å². The van der Waals surface area contributed by atoms with E-state index in [1.54, 1.807) is 7.05 Å². The summed E-state index contributed by atoms with van der Waals surface area (Å²) in [6.07, 6.45) is 5.22. The summed E-state index contributed by atoms with van der Waals surface area (Å²) in [5, 5.41) is 2.86. The van der Waals surface area contributed by atoms with Crippen molar-refractivity contribution in [2.75, 3.05) is 25.9 Å².